The number of aromatic nitrogens is 3. The fourth-order valence-corrected chi connectivity index (χ4v) is 2.77. The molecule has 3 rings (SSSR count). The largest absolute Gasteiger partial charge is 0.487 e. The number of hydrazone groups is 1. The van der Waals surface area contributed by atoms with Crippen molar-refractivity contribution in [3.8, 4) is 5.75 Å². The quantitative estimate of drug-likeness (QED) is 0.270. The number of rotatable bonds is 8. The monoisotopic (exact) mass is 457 g/mol. The van der Waals surface area contributed by atoms with Crippen LogP contribution in [-0.2, 0) is 17.9 Å². The second-order valence-corrected chi connectivity index (χ2v) is 7.31. The summed E-state index contributed by atoms with van der Waals surface area (Å²) in [5, 5.41) is 15.4. The van der Waals surface area contributed by atoms with Crippen LogP contribution in [0.2, 0.25) is 5.02 Å². The zero-order chi connectivity index (χ0) is 22.2. The van der Waals surface area contributed by atoms with E-state index < -0.39 is 0 Å². The van der Waals surface area contributed by atoms with Gasteiger partial charge in [0.05, 0.1) is 12.4 Å². The minimum Gasteiger partial charge on any atom is -0.487 e. The Kier molecular flexibility index (Phi) is 7.52. The zero-order valence-electron chi connectivity index (χ0n) is 16.6. The second kappa shape index (κ2) is 10.5. The minimum absolute atomic E-state index is 0.0211. The van der Waals surface area contributed by atoms with Gasteiger partial charge >= 0.3 is 0 Å². The smallest absolute Gasteiger partial charge is 0.246 e. The van der Waals surface area contributed by atoms with Crippen molar-refractivity contribution in [2.24, 2.45) is 10.8 Å². The van der Waals surface area contributed by atoms with E-state index in [1.165, 1.54) is 4.68 Å². The van der Waals surface area contributed by atoms with Crippen molar-refractivity contribution >= 4 is 46.7 Å². The third kappa shape index (κ3) is 6.76. The van der Waals surface area contributed by atoms with Crippen molar-refractivity contribution in [1.82, 2.24) is 20.4 Å². The summed E-state index contributed by atoms with van der Waals surface area (Å²) >= 11 is 10.7. The molecule has 160 valence electrons. The first kappa shape index (κ1) is 22.2. The summed E-state index contributed by atoms with van der Waals surface area (Å²) in [6.45, 7) is 2.08. The Morgan fingerprint density at radius 2 is 2.10 bits per heavy atom. The number of amides is 1. The Hall–Kier alpha value is -3.50. The summed E-state index contributed by atoms with van der Waals surface area (Å²) in [4.78, 5) is 12.3. The molecule has 31 heavy (non-hydrogen) atoms. The highest BCUT2D eigenvalue weighted by Gasteiger charge is 2.09. The molecule has 0 aliphatic heterocycles. The lowest BCUT2D eigenvalue weighted by atomic mass is 10.2. The highest BCUT2D eigenvalue weighted by Crippen LogP contribution is 2.22. The molecule has 0 bridgehead atoms. The van der Waals surface area contributed by atoms with Gasteiger partial charge < -0.3 is 15.8 Å². The van der Waals surface area contributed by atoms with Gasteiger partial charge in [-0.05, 0) is 66.7 Å². The molecule has 0 radical (unpaired) electrons. The van der Waals surface area contributed by atoms with Gasteiger partial charge in [-0.2, -0.15) is 5.10 Å². The van der Waals surface area contributed by atoms with Gasteiger partial charge in [0.1, 0.15) is 24.6 Å². The number of carbonyl (C=O) groups is 1. The SMILES string of the molecule is Cc1c(Cl)cccc1NC(=O)Cn1cc(COc2ccc(/C=N/NC(N)=S)cc2)nn1. The Bertz CT molecular complexity index is 1100. The van der Waals surface area contributed by atoms with E-state index in [9.17, 15) is 4.79 Å². The first-order valence-corrected chi connectivity index (χ1v) is 9.94. The molecule has 1 heterocycles. The predicted molar refractivity (Wildman–Crippen MR) is 123 cm³/mol. The number of nitrogens with one attached hydrogen (secondary N) is 2. The molecule has 0 unspecified atom stereocenters. The first-order valence-electron chi connectivity index (χ1n) is 9.16. The number of halogens is 1. The van der Waals surface area contributed by atoms with Crippen molar-refractivity contribution in [3.05, 3.63) is 70.5 Å². The van der Waals surface area contributed by atoms with Crippen LogP contribution in [0.1, 0.15) is 16.8 Å². The maximum absolute atomic E-state index is 12.3. The number of nitrogens with zero attached hydrogens (tertiary/aromatic N) is 4. The molecule has 0 fully saturated rings. The number of anilines is 1. The second-order valence-electron chi connectivity index (χ2n) is 6.46. The summed E-state index contributed by atoms with van der Waals surface area (Å²) in [7, 11) is 0. The van der Waals surface area contributed by atoms with Crippen LogP contribution in [0, 0.1) is 6.92 Å². The van der Waals surface area contributed by atoms with Crippen LogP contribution in [0.15, 0.2) is 53.8 Å². The van der Waals surface area contributed by atoms with Crippen LogP contribution in [-0.4, -0.2) is 32.2 Å². The molecule has 0 aliphatic carbocycles. The Morgan fingerprint density at radius 1 is 1.32 bits per heavy atom. The van der Waals surface area contributed by atoms with Crippen molar-refractivity contribution < 1.29 is 9.53 Å². The van der Waals surface area contributed by atoms with E-state index >= 15 is 0 Å². The molecule has 0 spiro atoms. The fraction of sp³-hybridized carbons (Fsp3) is 0.150. The number of carbonyl (C=O) groups excluding carboxylic acids is 1. The van der Waals surface area contributed by atoms with E-state index in [4.69, 9.17) is 22.1 Å². The van der Waals surface area contributed by atoms with Gasteiger partial charge in [-0.1, -0.05) is 22.9 Å². The van der Waals surface area contributed by atoms with Crippen molar-refractivity contribution in [2.75, 3.05) is 5.32 Å². The lowest BCUT2D eigenvalue weighted by Crippen LogP contribution is -2.23. The lowest BCUT2D eigenvalue weighted by molar-refractivity contribution is -0.116. The maximum atomic E-state index is 12.3. The molecule has 0 aliphatic rings. The molecule has 11 heteroatoms. The average molecular weight is 458 g/mol. The van der Waals surface area contributed by atoms with Crippen LogP contribution >= 0.6 is 23.8 Å². The number of nitrogens with two attached hydrogens (primary N) is 1. The van der Waals surface area contributed by atoms with E-state index in [2.05, 4.69) is 38.4 Å². The number of hydrogen-bond acceptors (Lipinski definition) is 6. The standard InChI is InChI=1S/C20H20ClN7O2S/c1-13-17(21)3-2-4-18(13)24-19(29)11-28-10-15(25-27-28)12-30-16-7-5-14(6-8-16)9-23-26-20(22)31/h2-10H,11-12H2,1H3,(H,24,29)(H3,22,26,31)/b23-9+. The van der Waals surface area contributed by atoms with Crippen LogP contribution in [0.3, 0.4) is 0 Å². The molecule has 0 saturated carbocycles. The van der Waals surface area contributed by atoms with E-state index in [0.717, 1.165) is 11.1 Å². The molecule has 1 amide bonds. The van der Waals surface area contributed by atoms with Gasteiger partial charge in [0.15, 0.2) is 5.11 Å². The van der Waals surface area contributed by atoms with E-state index in [0.29, 0.717) is 22.2 Å². The van der Waals surface area contributed by atoms with Crippen LogP contribution in [0.5, 0.6) is 5.75 Å². The average Bonchev–Trinajstić information content (AvgIpc) is 3.18. The fourth-order valence-electron chi connectivity index (χ4n) is 2.54. The molecule has 3 aromatic rings. The number of benzene rings is 2. The number of thiocarbonyl (C=S) groups is 1. The van der Waals surface area contributed by atoms with Crippen molar-refractivity contribution in [3.63, 3.8) is 0 Å². The molecule has 2 aromatic carbocycles. The molecule has 9 nitrogen and oxygen atoms in total. The first-order chi connectivity index (χ1) is 14.9. The van der Waals surface area contributed by atoms with E-state index in [-0.39, 0.29) is 24.2 Å². The van der Waals surface area contributed by atoms with Crippen molar-refractivity contribution in [2.45, 2.75) is 20.1 Å². The molecule has 0 saturated heterocycles. The van der Waals surface area contributed by atoms with Crippen LogP contribution in [0.4, 0.5) is 5.69 Å². The Labute approximate surface area is 189 Å². The molecule has 4 N–H and O–H groups in total. The number of hydrogen-bond donors (Lipinski definition) is 3. The minimum atomic E-state index is -0.232. The van der Waals surface area contributed by atoms with Gasteiger partial charge in [-0.15, -0.1) is 5.10 Å². The molecule has 1 aromatic heterocycles. The Morgan fingerprint density at radius 3 is 2.84 bits per heavy atom. The topological polar surface area (TPSA) is 119 Å². The summed E-state index contributed by atoms with van der Waals surface area (Å²) in [6.07, 6.45) is 3.25. The highest BCUT2D eigenvalue weighted by molar-refractivity contribution is 7.80. The molecular weight excluding hydrogens is 438 g/mol. The third-order valence-corrected chi connectivity index (χ3v) is 4.59. The van der Waals surface area contributed by atoms with Crippen LogP contribution < -0.4 is 21.2 Å². The van der Waals surface area contributed by atoms with Crippen molar-refractivity contribution in [1.29, 1.82) is 0 Å². The predicted octanol–water partition coefficient (Wildman–Crippen LogP) is 2.62. The van der Waals surface area contributed by atoms with Crippen LogP contribution in [0.25, 0.3) is 0 Å². The van der Waals surface area contributed by atoms with Gasteiger partial charge in [0.25, 0.3) is 0 Å². The summed E-state index contributed by atoms with van der Waals surface area (Å²) in [5.41, 5.74) is 10.7. The maximum Gasteiger partial charge on any atom is 0.246 e. The summed E-state index contributed by atoms with van der Waals surface area (Å²) in [6, 6.07) is 12.6. The third-order valence-electron chi connectivity index (χ3n) is 4.09. The van der Waals surface area contributed by atoms with Gasteiger partial charge in [-0.3, -0.25) is 10.2 Å². The normalized spacial score (nSPS) is 10.8. The number of ether oxygens (including phenoxy) is 1. The van der Waals surface area contributed by atoms with E-state index in [1.54, 1.807) is 42.7 Å². The molecule has 0 atom stereocenters. The lowest BCUT2D eigenvalue weighted by Gasteiger charge is -2.09. The highest BCUT2D eigenvalue weighted by atomic mass is 35.5. The zero-order valence-corrected chi connectivity index (χ0v) is 18.2. The van der Waals surface area contributed by atoms with E-state index in [1.807, 2.05) is 19.1 Å². The van der Waals surface area contributed by atoms with Gasteiger partial charge in [0, 0.05) is 10.7 Å². The summed E-state index contributed by atoms with van der Waals surface area (Å²) in [5.74, 6) is 0.424. The molecular formula is C20H20ClN7O2S. The summed E-state index contributed by atoms with van der Waals surface area (Å²) < 4.78 is 7.15. The van der Waals surface area contributed by atoms with Gasteiger partial charge in [0.2, 0.25) is 5.91 Å². The van der Waals surface area contributed by atoms with Gasteiger partial charge in [-0.25, -0.2) is 4.68 Å². The Balaban J connectivity index is 1.49.